The molecule has 0 amide bonds. The van der Waals surface area contributed by atoms with E-state index in [9.17, 15) is 0 Å². The van der Waals surface area contributed by atoms with E-state index in [2.05, 4.69) is 39.0 Å². The molecule has 0 N–H and O–H groups in total. The van der Waals surface area contributed by atoms with Gasteiger partial charge in [-0.25, -0.2) is 0 Å². The monoisotopic (exact) mass is 147 g/mol. The topological polar surface area (TPSA) is 0 Å². The Kier molecular flexibility index (Phi) is 2.70. The summed E-state index contributed by atoms with van der Waals surface area (Å²) in [4.78, 5) is 0. The Labute approximate surface area is 69.3 Å². The molecule has 0 saturated heterocycles. The van der Waals surface area contributed by atoms with Gasteiger partial charge < -0.3 is 0 Å². The minimum atomic E-state index is 0.990. The van der Waals surface area contributed by atoms with Gasteiger partial charge in [0.25, 0.3) is 0 Å². The number of benzene rings is 1. The van der Waals surface area contributed by atoms with Crippen LogP contribution in [0.4, 0.5) is 0 Å². The molecule has 1 aromatic rings. The van der Waals surface area contributed by atoms with Crippen molar-refractivity contribution in [3.05, 3.63) is 41.8 Å². The Morgan fingerprint density at radius 2 is 2.00 bits per heavy atom. The molecule has 0 heteroatoms. The van der Waals surface area contributed by atoms with Gasteiger partial charge in [0, 0.05) is 0 Å². The van der Waals surface area contributed by atoms with Crippen molar-refractivity contribution in [2.75, 3.05) is 0 Å². The van der Waals surface area contributed by atoms with E-state index in [4.69, 9.17) is 0 Å². The molecule has 0 saturated carbocycles. The van der Waals surface area contributed by atoms with Crippen molar-refractivity contribution in [1.29, 1.82) is 0 Å². The van der Waals surface area contributed by atoms with Gasteiger partial charge in [-0.2, -0.15) is 0 Å². The highest BCUT2D eigenvalue weighted by Gasteiger charge is 1.95. The van der Waals surface area contributed by atoms with Gasteiger partial charge in [0.2, 0.25) is 0 Å². The van der Waals surface area contributed by atoms with Crippen molar-refractivity contribution in [3.8, 4) is 0 Å². The number of aryl methyl sites for hydroxylation is 3. The van der Waals surface area contributed by atoms with Crippen LogP contribution in [0, 0.1) is 20.8 Å². The summed E-state index contributed by atoms with van der Waals surface area (Å²) in [7, 11) is 0. The molecule has 0 aromatic heterocycles. The number of rotatable bonds is 2. The Hall–Kier alpha value is -0.780. The number of hydrogen-bond donors (Lipinski definition) is 0. The smallest absolute Gasteiger partial charge is 0.0276 e. The first-order valence-corrected chi connectivity index (χ1v) is 4.09. The van der Waals surface area contributed by atoms with Crippen LogP contribution in [0.15, 0.2) is 18.2 Å². The van der Waals surface area contributed by atoms with E-state index in [1.54, 1.807) is 0 Å². The summed E-state index contributed by atoms with van der Waals surface area (Å²) in [6.07, 6.45) is 2.09. The Morgan fingerprint density at radius 3 is 2.55 bits per heavy atom. The Balaban J connectivity index is 2.90. The summed E-state index contributed by atoms with van der Waals surface area (Å²) in [5, 5.41) is 0. The van der Waals surface area contributed by atoms with Gasteiger partial charge in [0.1, 0.15) is 0 Å². The van der Waals surface area contributed by atoms with Gasteiger partial charge in [0.15, 0.2) is 0 Å². The molecule has 0 unspecified atom stereocenters. The molecule has 1 rings (SSSR count). The molecule has 59 valence electrons. The summed E-state index contributed by atoms with van der Waals surface area (Å²) in [5.74, 6) is 0. The van der Waals surface area contributed by atoms with Gasteiger partial charge >= 0.3 is 0 Å². The van der Waals surface area contributed by atoms with Crippen molar-refractivity contribution in [1.82, 2.24) is 0 Å². The maximum Gasteiger partial charge on any atom is -0.0276 e. The van der Waals surface area contributed by atoms with E-state index in [1.807, 2.05) is 0 Å². The fourth-order valence-electron chi connectivity index (χ4n) is 1.32. The lowest BCUT2D eigenvalue weighted by atomic mass is 10.0. The summed E-state index contributed by atoms with van der Waals surface area (Å²) < 4.78 is 0. The van der Waals surface area contributed by atoms with Gasteiger partial charge in [-0.05, 0) is 37.8 Å². The first kappa shape index (κ1) is 8.32. The largest absolute Gasteiger partial charge is 0.0590 e. The summed E-state index contributed by atoms with van der Waals surface area (Å²) in [5.41, 5.74) is 4.18. The fraction of sp³-hybridized carbons (Fsp3) is 0.364. The van der Waals surface area contributed by atoms with E-state index in [-0.39, 0.29) is 0 Å². The third kappa shape index (κ3) is 2.07. The second-order valence-electron chi connectivity index (χ2n) is 3.03. The van der Waals surface area contributed by atoms with Crippen LogP contribution in [0.5, 0.6) is 0 Å². The molecule has 0 fully saturated rings. The maximum atomic E-state index is 3.84. The average molecular weight is 147 g/mol. The molecule has 0 aliphatic rings. The highest BCUT2D eigenvalue weighted by Crippen LogP contribution is 2.11. The van der Waals surface area contributed by atoms with E-state index in [0.717, 1.165) is 12.8 Å². The molecule has 0 nitrogen and oxygen atoms in total. The fourth-order valence-corrected chi connectivity index (χ4v) is 1.32. The molecule has 1 aromatic carbocycles. The lowest BCUT2D eigenvalue weighted by molar-refractivity contribution is 0.983. The van der Waals surface area contributed by atoms with Crippen molar-refractivity contribution in [2.24, 2.45) is 0 Å². The molecular weight excluding hydrogens is 132 g/mol. The molecule has 0 aliphatic heterocycles. The Morgan fingerprint density at radius 1 is 1.27 bits per heavy atom. The van der Waals surface area contributed by atoms with Crippen LogP contribution in [0.25, 0.3) is 0 Å². The lowest BCUT2D eigenvalue weighted by Gasteiger charge is -2.04. The van der Waals surface area contributed by atoms with E-state index < -0.39 is 0 Å². The molecule has 11 heavy (non-hydrogen) atoms. The van der Waals surface area contributed by atoms with E-state index in [1.165, 1.54) is 16.7 Å². The SMILES string of the molecule is [CH2]CCc1ccc(C)cc1C. The van der Waals surface area contributed by atoms with Gasteiger partial charge in [0.05, 0.1) is 0 Å². The number of hydrogen-bond acceptors (Lipinski definition) is 0. The molecule has 0 heterocycles. The van der Waals surface area contributed by atoms with Crippen LogP contribution in [0.3, 0.4) is 0 Å². The van der Waals surface area contributed by atoms with Crippen molar-refractivity contribution in [2.45, 2.75) is 26.7 Å². The van der Waals surface area contributed by atoms with E-state index in [0.29, 0.717) is 0 Å². The standard InChI is InChI=1S/C11H15/c1-4-5-11-7-6-9(2)8-10(11)3/h6-8H,1,4-5H2,2-3H3. The predicted molar refractivity (Wildman–Crippen MR) is 49.6 cm³/mol. The molecule has 0 bridgehead atoms. The van der Waals surface area contributed by atoms with Crippen LogP contribution in [-0.4, -0.2) is 0 Å². The third-order valence-corrected chi connectivity index (χ3v) is 1.94. The van der Waals surface area contributed by atoms with Crippen LogP contribution in [0.1, 0.15) is 23.1 Å². The zero-order chi connectivity index (χ0) is 8.27. The molecule has 0 spiro atoms. The summed E-state index contributed by atoms with van der Waals surface area (Å²) in [6.45, 7) is 8.14. The van der Waals surface area contributed by atoms with Crippen LogP contribution in [0.2, 0.25) is 0 Å². The quantitative estimate of drug-likeness (QED) is 0.603. The lowest BCUT2D eigenvalue weighted by Crippen LogP contribution is -1.88. The van der Waals surface area contributed by atoms with Crippen LogP contribution in [-0.2, 0) is 6.42 Å². The van der Waals surface area contributed by atoms with Crippen molar-refractivity contribution in [3.63, 3.8) is 0 Å². The van der Waals surface area contributed by atoms with Crippen LogP contribution >= 0.6 is 0 Å². The van der Waals surface area contributed by atoms with Gasteiger partial charge in [-0.15, -0.1) is 0 Å². The summed E-state index contributed by atoms with van der Waals surface area (Å²) in [6, 6.07) is 6.60. The van der Waals surface area contributed by atoms with Crippen molar-refractivity contribution < 1.29 is 0 Å². The first-order valence-electron chi connectivity index (χ1n) is 4.09. The first-order chi connectivity index (χ1) is 5.24. The minimum Gasteiger partial charge on any atom is -0.0590 e. The molecule has 0 aliphatic carbocycles. The molecule has 1 radical (unpaired) electrons. The van der Waals surface area contributed by atoms with Crippen molar-refractivity contribution >= 4 is 0 Å². The normalized spacial score (nSPS) is 10.1. The third-order valence-electron chi connectivity index (χ3n) is 1.94. The van der Waals surface area contributed by atoms with Crippen LogP contribution < -0.4 is 0 Å². The zero-order valence-electron chi connectivity index (χ0n) is 7.35. The predicted octanol–water partition coefficient (Wildman–Crippen LogP) is 3.07. The highest BCUT2D eigenvalue weighted by atomic mass is 14.0. The molecule has 0 atom stereocenters. The zero-order valence-corrected chi connectivity index (χ0v) is 7.35. The minimum absolute atomic E-state index is 0.990. The molecular formula is C11H15. The van der Waals surface area contributed by atoms with Gasteiger partial charge in [-0.1, -0.05) is 30.7 Å². The van der Waals surface area contributed by atoms with Gasteiger partial charge in [-0.3, -0.25) is 0 Å². The van der Waals surface area contributed by atoms with E-state index >= 15 is 0 Å². The highest BCUT2D eigenvalue weighted by molar-refractivity contribution is 5.30. The Bertz CT molecular complexity index is 236. The summed E-state index contributed by atoms with van der Waals surface area (Å²) >= 11 is 0. The second kappa shape index (κ2) is 3.56. The average Bonchev–Trinajstić information content (AvgIpc) is 1.95. The maximum absolute atomic E-state index is 3.84. The second-order valence-corrected chi connectivity index (χ2v) is 3.03.